The summed E-state index contributed by atoms with van der Waals surface area (Å²) in [5, 5.41) is 6.65. The van der Waals surface area contributed by atoms with Gasteiger partial charge in [-0.25, -0.2) is 0 Å². The Labute approximate surface area is 221 Å². The fourth-order valence-corrected chi connectivity index (χ4v) is 6.18. The van der Waals surface area contributed by atoms with Crippen molar-refractivity contribution in [2.45, 2.75) is 0 Å². The van der Waals surface area contributed by atoms with Gasteiger partial charge in [-0.1, -0.05) is 18.2 Å². The van der Waals surface area contributed by atoms with E-state index in [1.165, 1.54) is 5.39 Å². The molecule has 0 bridgehead atoms. The van der Waals surface area contributed by atoms with E-state index in [0.29, 0.717) is 0 Å². The number of hydrogen-bond acceptors (Lipinski definition) is 4. The highest BCUT2D eigenvalue weighted by Gasteiger charge is 2.20. The summed E-state index contributed by atoms with van der Waals surface area (Å²) in [5.41, 5.74) is 8.66. The third-order valence-corrected chi connectivity index (χ3v) is 7.81. The van der Waals surface area contributed by atoms with Crippen molar-refractivity contribution in [2.75, 3.05) is 0 Å². The molecule has 182 valence electrons. The molecule has 0 radical (unpaired) electrons. The van der Waals surface area contributed by atoms with Crippen LogP contribution >= 0.6 is 0 Å². The number of nitrogens with one attached hydrogen (secondary N) is 1. The van der Waals surface area contributed by atoms with Crippen molar-refractivity contribution in [1.29, 1.82) is 0 Å². The van der Waals surface area contributed by atoms with Crippen LogP contribution in [0.5, 0.6) is 0 Å². The number of aromatic nitrogens is 7. The lowest BCUT2D eigenvalue weighted by molar-refractivity contribution is 1.14. The summed E-state index contributed by atoms with van der Waals surface area (Å²) in [4.78, 5) is 21.4. The van der Waals surface area contributed by atoms with Crippen molar-refractivity contribution in [3.8, 4) is 11.4 Å². The van der Waals surface area contributed by atoms with Crippen molar-refractivity contribution in [3.63, 3.8) is 0 Å². The molecule has 0 atom stereocenters. The normalized spacial score (nSPS) is 12.1. The second-order valence-corrected chi connectivity index (χ2v) is 9.80. The molecule has 0 fully saturated rings. The number of pyridine rings is 4. The van der Waals surface area contributed by atoms with E-state index >= 15 is 0 Å². The number of benzene rings is 2. The number of aromatic amines is 1. The molecular weight excluding hydrogens is 482 g/mol. The molecule has 7 nitrogen and oxygen atoms in total. The molecule has 0 amide bonds. The van der Waals surface area contributed by atoms with Gasteiger partial charge in [-0.3, -0.25) is 19.9 Å². The number of para-hydroxylation sites is 1. The molecule has 2 aromatic carbocycles. The summed E-state index contributed by atoms with van der Waals surface area (Å²) in [5.74, 6) is 0. The van der Waals surface area contributed by atoms with Gasteiger partial charge < -0.3 is 14.1 Å². The average molecular weight is 502 g/mol. The Balaban J connectivity index is 1.50. The first-order chi connectivity index (χ1) is 19.4. The maximum Gasteiger partial charge on any atom is 0.0724 e. The van der Waals surface area contributed by atoms with E-state index in [2.05, 4.69) is 94.7 Å². The first-order valence-corrected chi connectivity index (χ1v) is 12.8. The van der Waals surface area contributed by atoms with Gasteiger partial charge >= 0.3 is 0 Å². The van der Waals surface area contributed by atoms with E-state index in [1.54, 1.807) is 0 Å². The van der Waals surface area contributed by atoms with Crippen LogP contribution in [-0.2, 0) is 0 Å². The molecule has 0 spiro atoms. The molecule has 0 saturated heterocycles. The summed E-state index contributed by atoms with van der Waals surface area (Å²) in [6.45, 7) is 0. The first-order valence-electron chi connectivity index (χ1n) is 12.8. The van der Waals surface area contributed by atoms with Gasteiger partial charge in [0.15, 0.2) is 0 Å². The molecule has 0 aliphatic heterocycles. The third kappa shape index (κ3) is 2.70. The van der Waals surface area contributed by atoms with Crippen LogP contribution in [0.25, 0.3) is 76.8 Å². The lowest BCUT2D eigenvalue weighted by atomic mass is 10.1. The highest BCUT2D eigenvalue weighted by atomic mass is 15.0. The molecule has 7 heteroatoms. The van der Waals surface area contributed by atoms with E-state index in [0.717, 1.165) is 71.4 Å². The number of H-pyrrole nitrogens is 1. The van der Waals surface area contributed by atoms with Crippen molar-refractivity contribution in [1.82, 2.24) is 34.1 Å². The monoisotopic (exact) mass is 501 g/mol. The second-order valence-electron chi connectivity index (χ2n) is 9.80. The van der Waals surface area contributed by atoms with E-state index in [1.807, 2.05) is 49.6 Å². The maximum atomic E-state index is 4.43. The van der Waals surface area contributed by atoms with Gasteiger partial charge in [-0.15, -0.1) is 0 Å². The summed E-state index contributed by atoms with van der Waals surface area (Å²) >= 11 is 0. The van der Waals surface area contributed by atoms with Gasteiger partial charge in [-0.05, 0) is 42.5 Å². The maximum absolute atomic E-state index is 4.43. The lowest BCUT2D eigenvalue weighted by Crippen LogP contribution is -2.00. The molecule has 0 aliphatic rings. The standard InChI is InChI=1S/C32H19N7/c1-2-4-26-20(3-1)21-13-19(38-27-5-9-33-15-22(27)23-16-34-10-6-28(23)38)14-31(32(21)37-26)39-29-7-11-35-17-24(29)25-18-36-12-8-30(25)39/h1-18,37H. The SMILES string of the molecule is c1ccc2c(c1)[nH]c1c(-n3c4ccncc4c4cnccc43)cc(-n3c4ccncc4c4cnccc43)cc12. The van der Waals surface area contributed by atoms with Gasteiger partial charge in [0.1, 0.15) is 0 Å². The molecule has 9 rings (SSSR count). The topological polar surface area (TPSA) is 77.2 Å². The van der Waals surface area contributed by atoms with Crippen LogP contribution < -0.4 is 0 Å². The van der Waals surface area contributed by atoms with Gasteiger partial charge in [-0.2, -0.15) is 0 Å². The van der Waals surface area contributed by atoms with E-state index in [-0.39, 0.29) is 0 Å². The Bertz CT molecular complexity index is 2300. The minimum atomic E-state index is 1.06. The predicted molar refractivity (Wildman–Crippen MR) is 156 cm³/mol. The van der Waals surface area contributed by atoms with Gasteiger partial charge in [0.2, 0.25) is 0 Å². The van der Waals surface area contributed by atoms with Crippen LogP contribution in [0.15, 0.2) is 110 Å². The van der Waals surface area contributed by atoms with Crippen molar-refractivity contribution in [2.24, 2.45) is 0 Å². The van der Waals surface area contributed by atoms with E-state index in [9.17, 15) is 0 Å². The Morgan fingerprint density at radius 2 is 1.00 bits per heavy atom. The van der Waals surface area contributed by atoms with Crippen LogP contribution in [-0.4, -0.2) is 34.1 Å². The van der Waals surface area contributed by atoms with Crippen LogP contribution in [0.1, 0.15) is 0 Å². The zero-order valence-electron chi connectivity index (χ0n) is 20.6. The number of nitrogens with zero attached hydrogens (tertiary/aromatic N) is 6. The highest BCUT2D eigenvalue weighted by molar-refractivity contribution is 6.15. The minimum Gasteiger partial charge on any atom is -0.353 e. The van der Waals surface area contributed by atoms with E-state index < -0.39 is 0 Å². The molecule has 7 heterocycles. The number of hydrogen-bond donors (Lipinski definition) is 1. The minimum absolute atomic E-state index is 1.06. The smallest absolute Gasteiger partial charge is 0.0724 e. The number of rotatable bonds is 2. The summed E-state index contributed by atoms with van der Waals surface area (Å²) in [7, 11) is 0. The lowest BCUT2D eigenvalue weighted by Gasteiger charge is -2.14. The van der Waals surface area contributed by atoms with Crippen molar-refractivity contribution in [3.05, 3.63) is 110 Å². The summed E-state index contributed by atoms with van der Waals surface area (Å²) in [6, 6.07) is 21.4. The zero-order chi connectivity index (χ0) is 25.5. The summed E-state index contributed by atoms with van der Waals surface area (Å²) in [6.07, 6.45) is 15.1. The molecule has 9 aromatic rings. The highest BCUT2D eigenvalue weighted by Crippen LogP contribution is 2.39. The van der Waals surface area contributed by atoms with Crippen LogP contribution in [0.3, 0.4) is 0 Å². The largest absolute Gasteiger partial charge is 0.353 e. The Hall–Kier alpha value is -5.56. The van der Waals surface area contributed by atoms with Gasteiger partial charge in [0.05, 0.1) is 33.3 Å². The Morgan fingerprint density at radius 1 is 0.487 bits per heavy atom. The molecule has 7 aromatic heterocycles. The second kappa shape index (κ2) is 7.49. The Morgan fingerprint density at radius 3 is 1.56 bits per heavy atom. The van der Waals surface area contributed by atoms with Crippen LogP contribution in [0.2, 0.25) is 0 Å². The average Bonchev–Trinajstić information content (AvgIpc) is 3.65. The van der Waals surface area contributed by atoms with Gasteiger partial charge in [0, 0.05) is 93.1 Å². The molecule has 39 heavy (non-hydrogen) atoms. The quantitative estimate of drug-likeness (QED) is 0.274. The molecule has 0 unspecified atom stereocenters. The molecule has 0 aliphatic carbocycles. The van der Waals surface area contributed by atoms with Crippen LogP contribution in [0, 0.1) is 0 Å². The third-order valence-electron chi connectivity index (χ3n) is 7.81. The Kier molecular flexibility index (Phi) is 3.93. The molecule has 1 N–H and O–H groups in total. The fourth-order valence-electron chi connectivity index (χ4n) is 6.18. The van der Waals surface area contributed by atoms with Gasteiger partial charge in [0.25, 0.3) is 0 Å². The first kappa shape index (κ1) is 20.5. The predicted octanol–water partition coefficient (Wildman–Crippen LogP) is 7.10. The van der Waals surface area contributed by atoms with Crippen LogP contribution in [0.4, 0.5) is 0 Å². The fraction of sp³-hybridized carbons (Fsp3) is 0. The number of fused-ring (bicyclic) bond motifs is 9. The molecular formula is C32H19N7. The summed E-state index contributed by atoms with van der Waals surface area (Å²) < 4.78 is 4.64. The van der Waals surface area contributed by atoms with Crippen molar-refractivity contribution < 1.29 is 0 Å². The zero-order valence-corrected chi connectivity index (χ0v) is 20.6. The molecule has 0 saturated carbocycles. The van der Waals surface area contributed by atoms with E-state index in [4.69, 9.17) is 0 Å². The van der Waals surface area contributed by atoms with Crippen molar-refractivity contribution >= 4 is 65.4 Å².